The number of carbonyl (C=O) groups excluding carboxylic acids is 1. The van der Waals surface area contributed by atoms with E-state index >= 15 is 0 Å². The summed E-state index contributed by atoms with van der Waals surface area (Å²) in [4.78, 5) is 22.4. The second-order valence-corrected chi connectivity index (χ2v) is 15.7. The molecule has 232 valence electrons. The number of anilines is 1. The number of nitrogens with one attached hydrogen (secondary N) is 1. The Hall–Kier alpha value is -3.45. The highest BCUT2D eigenvalue weighted by Crippen LogP contribution is 2.46. The third-order valence-electron chi connectivity index (χ3n) is 8.43. The minimum atomic E-state index is -3.70. The molecule has 1 unspecified atom stereocenters. The summed E-state index contributed by atoms with van der Waals surface area (Å²) in [6.45, 7) is 3.57. The molecule has 5 aromatic rings. The average molecular weight is 659 g/mol. The van der Waals surface area contributed by atoms with Crippen molar-refractivity contribution >= 4 is 53.8 Å². The van der Waals surface area contributed by atoms with Gasteiger partial charge in [0, 0.05) is 55.8 Å². The fourth-order valence-electron chi connectivity index (χ4n) is 6.03. The maximum atomic E-state index is 13.6. The van der Waals surface area contributed by atoms with Crippen molar-refractivity contribution in [3.63, 3.8) is 0 Å². The van der Waals surface area contributed by atoms with E-state index in [4.69, 9.17) is 9.72 Å². The fraction of sp³-hybridized carbons (Fsp3) is 0.294. The zero-order chi connectivity index (χ0) is 31.0. The molecular formula is C34H34N4O4S3. The molecule has 45 heavy (non-hydrogen) atoms. The predicted octanol–water partition coefficient (Wildman–Crippen LogP) is 6.63. The Morgan fingerprint density at radius 1 is 1.04 bits per heavy atom. The topological polar surface area (TPSA) is 91.8 Å². The van der Waals surface area contributed by atoms with Gasteiger partial charge in [-0.05, 0) is 66.8 Å². The zero-order valence-electron chi connectivity index (χ0n) is 24.9. The Bertz CT molecular complexity index is 1900. The van der Waals surface area contributed by atoms with Gasteiger partial charge in [-0.15, -0.1) is 22.7 Å². The van der Waals surface area contributed by atoms with E-state index in [9.17, 15) is 13.2 Å². The van der Waals surface area contributed by atoms with E-state index in [0.29, 0.717) is 18.7 Å². The Balaban J connectivity index is 1.14. The van der Waals surface area contributed by atoms with Crippen LogP contribution in [-0.2, 0) is 34.3 Å². The third kappa shape index (κ3) is 6.33. The molecule has 0 bridgehead atoms. The number of thiazole rings is 1. The number of ether oxygens (including phenoxy) is 1. The Morgan fingerprint density at radius 3 is 2.58 bits per heavy atom. The highest BCUT2D eigenvalue weighted by atomic mass is 32.2. The highest BCUT2D eigenvalue weighted by Gasteiger charge is 2.29. The molecule has 0 saturated carbocycles. The maximum Gasteiger partial charge on any atom is 0.256 e. The van der Waals surface area contributed by atoms with Crippen LogP contribution in [0.5, 0.6) is 0 Å². The normalized spacial score (nSPS) is 17.2. The first kappa shape index (κ1) is 30.2. The number of rotatable bonds is 9. The summed E-state index contributed by atoms with van der Waals surface area (Å²) in [7, 11) is -2.13. The smallest absolute Gasteiger partial charge is 0.256 e. The van der Waals surface area contributed by atoms with Crippen molar-refractivity contribution in [2.75, 3.05) is 32.1 Å². The second-order valence-electron chi connectivity index (χ2n) is 11.5. The van der Waals surface area contributed by atoms with Crippen molar-refractivity contribution in [1.82, 2.24) is 14.2 Å². The van der Waals surface area contributed by atoms with Crippen molar-refractivity contribution in [1.29, 1.82) is 0 Å². The molecule has 1 saturated heterocycles. The number of nitrogens with zero attached hydrogens (tertiary/aromatic N) is 3. The monoisotopic (exact) mass is 658 g/mol. The lowest BCUT2D eigenvalue weighted by molar-refractivity contribution is 0.0979. The summed E-state index contributed by atoms with van der Waals surface area (Å²) < 4.78 is 34.4. The maximum absolute atomic E-state index is 13.6. The SMILES string of the molecule is CN(CC1CCCO1)S(=O)(=O)c1ccc(C(=O)Nc2sc3c(c2-c2nc4ccccc4s2)CCN(Cc2ccccc2)C3)cc1. The number of likely N-dealkylation sites (N-methyl/N-ethyl adjacent to an activating group) is 1. The molecule has 1 atom stereocenters. The van der Waals surface area contributed by atoms with Crippen LogP contribution in [0.4, 0.5) is 5.00 Å². The van der Waals surface area contributed by atoms with Gasteiger partial charge in [0.05, 0.1) is 21.2 Å². The molecule has 2 aromatic heterocycles. The van der Waals surface area contributed by atoms with Gasteiger partial charge in [-0.2, -0.15) is 4.31 Å². The van der Waals surface area contributed by atoms with Crippen molar-refractivity contribution in [2.24, 2.45) is 0 Å². The number of amides is 1. The van der Waals surface area contributed by atoms with Crippen LogP contribution in [0.2, 0.25) is 0 Å². The van der Waals surface area contributed by atoms with E-state index in [0.717, 1.165) is 64.7 Å². The van der Waals surface area contributed by atoms with Crippen molar-refractivity contribution in [3.8, 4) is 10.6 Å². The van der Waals surface area contributed by atoms with Crippen LogP contribution in [0.3, 0.4) is 0 Å². The molecular weight excluding hydrogens is 625 g/mol. The molecule has 2 aliphatic rings. The van der Waals surface area contributed by atoms with Crippen molar-refractivity contribution in [2.45, 2.75) is 43.4 Å². The number of benzene rings is 3. The van der Waals surface area contributed by atoms with Crippen LogP contribution in [0.15, 0.2) is 83.8 Å². The lowest BCUT2D eigenvalue weighted by Crippen LogP contribution is -2.34. The van der Waals surface area contributed by atoms with Crippen LogP contribution >= 0.6 is 22.7 Å². The average Bonchev–Trinajstić information content (AvgIpc) is 3.80. The summed E-state index contributed by atoms with van der Waals surface area (Å²) in [5.41, 5.74) is 4.86. The minimum Gasteiger partial charge on any atom is -0.377 e. The van der Waals surface area contributed by atoms with Gasteiger partial charge >= 0.3 is 0 Å². The van der Waals surface area contributed by atoms with Gasteiger partial charge < -0.3 is 10.1 Å². The second kappa shape index (κ2) is 12.7. The van der Waals surface area contributed by atoms with E-state index < -0.39 is 10.0 Å². The lowest BCUT2D eigenvalue weighted by Gasteiger charge is -2.27. The lowest BCUT2D eigenvalue weighted by atomic mass is 10.0. The van der Waals surface area contributed by atoms with Gasteiger partial charge in [-0.25, -0.2) is 13.4 Å². The summed E-state index contributed by atoms with van der Waals surface area (Å²) in [5, 5.41) is 4.85. The first-order chi connectivity index (χ1) is 21.8. The summed E-state index contributed by atoms with van der Waals surface area (Å²) in [6.07, 6.45) is 2.59. The Labute approximate surface area is 271 Å². The molecule has 0 spiro atoms. The van der Waals surface area contributed by atoms with Gasteiger partial charge in [0.25, 0.3) is 5.91 Å². The van der Waals surface area contributed by atoms with Gasteiger partial charge in [0.2, 0.25) is 10.0 Å². The summed E-state index contributed by atoms with van der Waals surface area (Å²) in [6, 6.07) is 24.7. The van der Waals surface area contributed by atoms with Gasteiger partial charge in [0.15, 0.2) is 0 Å². The Morgan fingerprint density at radius 2 is 1.82 bits per heavy atom. The van der Waals surface area contributed by atoms with E-state index in [1.54, 1.807) is 41.9 Å². The highest BCUT2D eigenvalue weighted by molar-refractivity contribution is 7.89. The molecule has 3 aromatic carbocycles. The molecule has 1 fully saturated rings. The number of aromatic nitrogens is 1. The van der Waals surface area contributed by atoms with Gasteiger partial charge in [-0.1, -0.05) is 42.5 Å². The van der Waals surface area contributed by atoms with E-state index in [1.807, 2.05) is 24.3 Å². The number of thiophene rings is 1. The molecule has 0 radical (unpaired) electrons. The molecule has 1 amide bonds. The molecule has 2 aliphatic heterocycles. The van der Waals surface area contributed by atoms with Gasteiger partial charge in [-0.3, -0.25) is 9.69 Å². The van der Waals surface area contributed by atoms with Crippen LogP contribution < -0.4 is 5.32 Å². The molecule has 0 aliphatic carbocycles. The minimum absolute atomic E-state index is 0.0820. The van der Waals surface area contributed by atoms with Crippen LogP contribution in [0, 0.1) is 0 Å². The van der Waals surface area contributed by atoms with E-state index in [-0.39, 0.29) is 16.9 Å². The summed E-state index contributed by atoms with van der Waals surface area (Å²) in [5.74, 6) is -0.284. The zero-order valence-corrected chi connectivity index (χ0v) is 27.4. The van der Waals surface area contributed by atoms with E-state index in [1.165, 1.54) is 32.4 Å². The number of fused-ring (bicyclic) bond motifs is 2. The summed E-state index contributed by atoms with van der Waals surface area (Å²) >= 11 is 3.25. The van der Waals surface area contributed by atoms with Crippen LogP contribution in [0.1, 0.15) is 39.2 Å². The number of carbonyl (C=O) groups is 1. The number of sulfonamides is 1. The van der Waals surface area contributed by atoms with E-state index in [2.05, 4.69) is 40.5 Å². The van der Waals surface area contributed by atoms with Crippen molar-refractivity contribution in [3.05, 3.63) is 100 Å². The first-order valence-electron chi connectivity index (χ1n) is 15.1. The fourth-order valence-corrected chi connectivity index (χ4v) is 9.63. The standard InChI is InChI=1S/C34H34N4O4S3/c1-37(21-25-10-7-19-42-25)45(40,41)26-15-13-24(14-16-26)32(39)36-34-31(33-35-28-11-5-6-12-29(28)43-33)27-17-18-38(22-30(27)44-34)20-23-8-3-2-4-9-23/h2-6,8-9,11-16,25H,7,10,17-22H2,1H3,(H,36,39). The number of hydrogen-bond donors (Lipinski definition) is 1. The third-order valence-corrected chi connectivity index (χ3v) is 12.5. The van der Waals surface area contributed by atoms with Crippen LogP contribution in [0.25, 0.3) is 20.8 Å². The number of hydrogen-bond acceptors (Lipinski definition) is 8. The molecule has 7 rings (SSSR count). The molecule has 1 N–H and O–H groups in total. The molecule has 8 nitrogen and oxygen atoms in total. The largest absolute Gasteiger partial charge is 0.377 e. The first-order valence-corrected chi connectivity index (χ1v) is 18.2. The Kier molecular flexibility index (Phi) is 8.56. The quantitative estimate of drug-likeness (QED) is 0.191. The molecule has 11 heteroatoms. The van der Waals surface area contributed by atoms with Crippen LogP contribution in [-0.4, -0.2) is 61.4 Å². The molecule has 4 heterocycles. The van der Waals surface area contributed by atoms with Crippen molar-refractivity contribution < 1.29 is 17.9 Å². The number of para-hydroxylation sites is 1. The van der Waals surface area contributed by atoms with Gasteiger partial charge in [0.1, 0.15) is 10.0 Å². The predicted molar refractivity (Wildman–Crippen MR) is 180 cm³/mol.